The summed E-state index contributed by atoms with van der Waals surface area (Å²) in [5.41, 5.74) is 1.86. The molecule has 0 aliphatic carbocycles. The van der Waals surface area contributed by atoms with Gasteiger partial charge < -0.3 is 4.74 Å². The lowest BCUT2D eigenvalue weighted by Crippen LogP contribution is -1.98. The molecule has 0 spiro atoms. The molecule has 2 aromatic rings. The lowest BCUT2D eigenvalue weighted by atomic mass is 10.1. The van der Waals surface area contributed by atoms with Crippen molar-refractivity contribution < 1.29 is 9.13 Å². The molecule has 1 aromatic carbocycles. The van der Waals surface area contributed by atoms with Gasteiger partial charge in [0, 0.05) is 11.1 Å². The molecular weight excluding hydrogens is 255 g/mol. The van der Waals surface area contributed by atoms with E-state index >= 15 is 0 Å². The molecular formula is C13H12ClFN2O. The minimum atomic E-state index is -0.349. The van der Waals surface area contributed by atoms with Gasteiger partial charge in [-0.15, -0.1) is 0 Å². The first-order chi connectivity index (χ1) is 8.52. The van der Waals surface area contributed by atoms with Crippen LogP contribution in [-0.4, -0.2) is 17.1 Å². The molecule has 3 nitrogen and oxygen atoms in total. The summed E-state index contributed by atoms with van der Waals surface area (Å²) in [6.45, 7) is 3.53. The van der Waals surface area contributed by atoms with Gasteiger partial charge in [0.05, 0.1) is 12.8 Å². The van der Waals surface area contributed by atoms with Gasteiger partial charge >= 0.3 is 0 Å². The van der Waals surface area contributed by atoms with E-state index in [0.717, 1.165) is 0 Å². The molecule has 2 rings (SSSR count). The van der Waals surface area contributed by atoms with Crippen LogP contribution in [0.3, 0.4) is 0 Å². The number of methoxy groups -OCH3 is 1. The van der Waals surface area contributed by atoms with Crippen LogP contribution in [0.2, 0.25) is 5.15 Å². The van der Waals surface area contributed by atoms with Gasteiger partial charge in [-0.05, 0) is 32.0 Å². The standard InChI is InChI=1S/C13H12ClFN2O/c1-7-12(16-8(2)17-13(7)14)10-6-9(15)4-5-11(10)18-3/h4-6H,1-3H3. The number of hydrogen-bond donors (Lipinski definition) is 0. The minimum absolute atomic E-state index is 0.349. The third-order valence-corrected chi connectivity index (χ3v) is 2.98. The van der Waals surface area contributed by atoms with E-state index in [9.17, 15) is 4.39 Å². The Balaban J connectivity index is 2.72. The van der Waals surface area contributed by atoms with E-state index < -0.39 is 0 Å². The van der Waals surface area contributed by atoms with Crippen LogP contribution < -0.4 is 4.74 Å². The third kappa shape index (κ3) is 2.29. The van der Waals surface area contributed by atoms with Crippen molar-refractivity contribution in [3.63, 3.8) is 0 Å². The number of ether oxygens (including phenoxy) is 1. The predicted octanol–water partition coefficient (Wildman–Crippen LogP) is 3.56. The number of benzene rings is 1. The van der Waals surface area contributed by atoms with Crippen molar-refractivity contribution in [3.8, 4) is 17.0 Å². The lowest BCUT2D eigenvalue weighted by Gasteiger charge is -2.11. The average Bonchev–Trinajstić information content (AvgIpc) is 2.33. The molecule has 0 amide bonds. The Morgan fingerprint density at radius 2 is 1.94 bits per heavy atom. The molecule has 0 aliphatic heterocycles. The Bertz CT molecular complexity index is 602. The van der Waals surface area contributed by atoms with E-state index in [1.807, 2.05) is 0 Å². The number of halogens is 2. The maximum atomic E-state index is 13.4. The fourth-order valence-electron chi connectivity index (χ4n) is 1.72. The average molecular weight is 267 g/mol. The van der Waals surface area contributed by atoms with Crippen molar-refractivity contribution in [1.82, 2.24) is 9.97 Å². The van der Waals surface area contributed by atoms with E-state index in [1.54, 1.807) is 19.9 Å². The molecule has 0 N–H and O–H groups in total. The number of aromatic nitrogens is 2. The van der Waals surface area contributed by atoms with Gasteiger partial charge in [-0.2, -0.15) is 0 Å². The van der Waals surface area contributed by atoms with Crippen LogP contribution in [0.5, 0.6) is 5.75 Å². The van der Waals surface area contributed by atoms with Crippen molar-refractivity contribution >= 4 is 11.6 Å². The van der Waals surface area contributed by atoms with Gasteiger partial charge in [0.2, 0.25) is 0 Å². The zero-order valence-electron chi connectivity index (χ0n) is 10.3. The van der Waals surface area contributed by atoms with Gasteiger partial charge in [0.15, 0.2) is 0 Å². The molecule has 94 valence electrons. The summed E-state index contributed by atoms with van der Waals surface area (Å²) in [5.74, 6) is 0.734. The van der Waals surface area contributed by atoms with Crippen LogP contribution >= 0.6 is 11.6 Å². The summed E-state index contributed by atoms with van der Waals surface area (Å²) in [7, 11) is 1.53. The second-order valence-electron chi connectivity index (χ2n) is 3.88. The Labute approximate surface area is 110 Å². The highest BCUT2D eigenvalue weighted by molar-refractivity contribution is 6.30. The van der Waals surface area contributed by atoms with Crippen LogP contribution in [0.25, 0.3) is 11.3 Å². The summed E-state index contributed by atoms with van der Waals surface area (Å²) < 4.78 is 18.6. The summed E-state index contributed by atoms with van der Waals surface area (Å²) in [6, 6.07) is 4.28. The van der Waals surface area contributed by atoms with E-state index in [4.69, 9.17) is 16.3 Å². The van der Waals surface area contributed by atoms with E-state index in [1.165, 1.54) is 19.2 Å². The van der Waals surface area contributed by atoms with E-state index in [0.29, 0.717) is 33.5 Å². The highest BCUT2D eigenvalue weighted by Crippen LogP contribution is 2.33. The molecule has 0 saturated heterocycles. The summed E-state index contributed by atoms with van der Waals surface area (Å²) in [5, 5.41) is 0.365. The first-order valence-electron chi connectivity index (χ1n) is 5.37. The molecule has 0 unspecified atom stereocenters. The first kappa shape index (κ1) is 12.8. The van der Waals surface area contributed by atoms with Crippen molar-refractivity contribution in [1.29, 1.82) is 0 Å². The van der Waals surface area contributed by atoms with Crippen LogP contribution in [-0.2, 0) is 0 Å². The Morgan fingerprint density at radius 1 is 1.22 bits per heavy atom. The third-order valence-electron chi connectivity index (χ3n) is 2.61. The second-order valence-corrected chi connectivity index (χ2v) is 4.24. The van der Waals surface area contributed by atoms with Gasteiger partial charge in [-0.1, -0.05) is 11.6 Å². The summed E-state index contributed by atoms with van der Waals surface area (Å²) in [4.78, 5) is 8.37. The van der Waals surface area contributed by atoms with Crippen molar-refractivity contribution in [3.05, 3.63) is 40.6 Å². The SMILES string of the molecule is COc1ccc(F)cc1-c1nc(C)nc(Cl)c1C. The Kier molecular flexibility index (Phi) is 3.48. The van der Waals surface area contributed by atoms with Gasteiger partial charge in [-0.25, -0.2) is 14.4 Å². The predicted molar refractivity (Wildman–Crippen MR) is 68.5 cm³/mol. The number of nitrogens with zero attached hydrogens (tertiary/aromatic N) is 2. The molecule has 0 atom stereocenters. The van der Waals surface area contributed by atoms with Crippen LogP contribution in [0.15, 0.2) is 18.2 Å². The maximum absolute atomic E-state index is 13.4. The number of hydrogen-bond acceptors (Lipinski definition) is 3. The van der Waals surface area contributed by atoms with Gasteiger partial charge in [0.25, 0.3) is 0 Å². The quantitative estimate of drug-likeness (QED) is 0.780. The van der Waals surface area contributed by atoms with Crippen LogP contribution in [0, 0.1) is 19.7 Å². The van der Waals surface area contributed by atoms with Crippen molar-refractivity contribution in [2.75, 3.05) is 7.11 Å². The summed E-state index contributed by atoms with van der Waals surface area (Å²) in [6.07, 6.45) is 0. The molecule has 0 aliphatic rings. The zero-order chi connectivity index (χ0) is 13.3. The number of aryl methyl sites for hydroxylation is 1. The highest BCUT2D eigenvalue weighted by atomic mass is 35.5. The fourth-order valence-corrected chi connectivity index (χ4v) is 1.93. The summed E-state index contributed by atoms with van der Waals surface area (Å²) >= 11 is 6.02. The monoisotopic (exact) mass is 266 g/mol. The molecule has 1 aromatic heterocycles. The minimum Gasteiger partial charge on any atom is -0.496 e. The van der Waals surface area contributed by atoms with Gasteiger partial charge in [0.1, 0.15) is 22.5 Å². The Morgan fingerprint density at radius 3 is 2.61 bits per heavy atom. The molecule has 0 bridgehead atoms. The topological polar surface area (TPSA) is 35.0 Å². The van der Waals surface area contributed by atoms with Crippen LogP contribution in [0.1, 0.15) is 11.4 Å². The zero-order valence-corrected chi connectivity index (χ0v) is 11.0. The maximum Gasteiger partial charge on any atom is 0.136 e. The smallest absolute Gasteiger partial charge is 0.136 e. The first-order valence-corrected chi connectivity index (χ1v) is 5.75. The molecule has 18 heavy (non-hydrogen) atoms. The normalized spacial score (nSPS) is 10.5. The molecule has 0 radical (unpaired) electrons. The molecule has 0 fully saturated rings. The molecule has 0 saturated carbocycles. The van der Waals surface area contributed by atoms with Crippen molar-refractivity contribution in [2.45, 2.75) is 13.8 Å². The highest BCUT2D eigenvalue weighted by Gasteiger charge is 2.14. The Hall–Kier alpha value is -1.68. The second kappa shape index (κ2) is 4.90. The van der Waals surface area contributed by atoms with Gasteiger partial charge in [-0.3, -0.25) is 0 Å². The van der Waals surface area contributed by atoms with Crippen LogP contribution in [0.4, 0.5) is 4.39 Å². The van der Waals surface area contributed by atoms with E-state index in [-0.39, 0.29) is 5.82 Å². The van der Waals surface area contributed by atoms with Crippen molar-refractivity contribution in [2.24, 2.45) is 0 Å². The molecule has 1 heterocycles. The number of rotatable bonds is 2. The molecule has 5 heteroatoms. The fraction of sp³-hybridized carbons (Fsp3) is 0.231. The lowest BCUT2D eigenvalue weighted by molar-refractivity contribution is 0.415. The van der Waals surface area contributed by atoms with E-state index in [2.05, 4.69) is 9.97 Å². The largest absolute Gasteiger partial charge is 0.496 e.